The van der Waals surface area contributed by atoms with Gasteiger partial charge in [0.15, 0.2) is 0 Å². The van der Waals surface area contributed by atoms with Gasteiger partial charge >= 0.3 is 0 Å². The lowest BCUT2D eigenvalue weighted by molar-refractivity contribution is 0.0552. The Hall–Kier alpha value is -1.13. The van der Waals surface area contributed by atoms with Crippen LogP contribution >= 0.6 is 0 Å². The van der Waals surface area contributed by atoms with Crippen molar-refractivity contribution < 1.29 is 13.9 Å². The predicted molar refractivity (Wildman–Crippen MR) is 65.7 cm³/mol. The molecule has 0 fully saturated rings. The Bertz CT molecular complexity index is 342. The number of halogens is 1. The number of rotatable bonds is 7. The van der Waals surface area contributed by atoms with Gasteiger partial charge in [0.1, 0.15) is 18.2 Å². The van der Waals surface area contributed by atoms with E-state index >= 15 is 0 Å². The highest BCUT2D eigenvalue weighted by Crippen LogP contribution is 2.16. The van der Waals surface area contributed by atoms with Crippen molar-refractivity contribution in [3.63, 3.8) is 0 Å². The fraction of sp³-hybridized carbons (Fsp3) is 0.538. The topological polar surface area (TPSA) is 30.5 Å². The summed E-state index contributed by atoms with van der Waals surface area (Å²) in [5.41, 5.74) is 0.868. The zero-order valence-corrected chi connectivity index (χ0v) is 10.6. The van der Waals surface area contributed by atoms with Crippen molar-refractivity contribution >= 4 is 0 Å². The van der Waals surface area contributed by atoms with Crippen LogP contribution in [-0.4, -0.2) is 26.4 Å². The van der Waals surface area contributed by atoms with Crippen LogP contribution in [0.5, 0.6) is 5.75 Å². The maximum atomic E-state index is 13.2. The van der Waals surface area contributed by atoms with E-state index in [9.17, 15) is 4.39 Å². The zero-order chi connectivity index (χ0) is 12.7. The van der Waals surface area contributed by atoms with Gasteiger partial charge in [-0.25, -0.2) is 4.39 Å². The van der Waals surface area contributed by atoms with Gasteiger partial charge in [-0.15, -0.1) is 0 Å². The first-order chi connectivity index (χ1) is 8.11. The average Bonchev–Trinajstić information content (AvgIpc) is 2.24. The van der Waals surface area contributed by atoms with Crippen molar-refractivity contribution in [2.75, 3.05) is 20.3 Å². The van der Waals surface area contributed by atoms with Gasteiger partial charge in [0.05, 0.1) is 12.7 Å². The zero-order valence-electron chi connectivity index (χ0n) is 10.6. The molecule has 0 radical (unpaired) electrons. The number of ether oxygens (including phenoxy) is 2. The number of hydrogen-bond acceptors (Lipinski definition) is 3. The first-order valence-electron chi connectivity index (χ1n) is 5.80. The monoisotopic (exact) mass is 241 g/mol. The molecule has 0 saturated carbocycles. The Kier molecular flexibility index (Phi) is 5.94. The minimum Gasteiger partial charge on any atom is -0.491 e. The number of nitrogens with one attached hydrogen (secondary N) is 1. The second kappa shape index (κ2) is 7.25. The van der Waals surface area contributed by atoms with Gasteiger partial charge in [-0.3, -0.25) is 0 Å². The quantitative estimate of drug-likeness (QED) is 0.743. The molecule has 17 heavy (non-hydrogen) atoms. The minimum absolute atomic E-state index is 0.186. The summed E-state index contributed by atoms with van der Waals surface area (Å²) in [7, 11) is 1.82. The SMILES string of the molecule is CNCc1cc(F)cc(OCCOC(C)C)c1. The molecule has 1 aromatic rings. The van der Waals surface area contributed by atoms with Crippen molar-refractivity contribution in [3.8, 4) is 5.75 Å². The van der Waals surface area contributed by atoms with Crippen LogP contribution in [0.2, 0.25) is 0 Å². The lowest BCUT2D eigenvalue weighted by Gasteiger charge is -2.10. The van der Waals surface area contributed by atoms with Crippen molar-refractivity contribution in [3.05, 3.63) is 29.6 Å². The maximum absolute atomic E-state index is 13.2. The lowest BCUT2D eigenvalue weighted by Crippen LogP contribution is -2.12. The molecule has 0 amide bonds. The van der Waals surface area contributed by atoms with Crippen LogP contribution in [0, 0.1) is 5.82 Å². The smallest absolute Gasteiger partial charge is 0.127 e. The maximum Gasteiger partial charge on any atom is 0.127 e. The third kappa shape index (κ3) is 5.65. The van der Waals surface area contributed by atoms with Gasteiger partial charge in [0.25, 0.3) is 0 Å². The Morgan fingerprint density at radius 2 is 2.00 bits per heavy atom. The molecule has 1 aromatic carbocycles. The van der Waals surface area contributed by atoms with E-state index in [4.69, 9.17) is 9.47 Å². The molecule has 0 bridgehead atoms. The largest absolute Gasteiger partial charge is 0.491 e. The molecule has 0 unspecified atom stereocenters. The summed E-state index contributed by atoms with van der Waals surface area (Å²) in [5, 5.41) is 2.97. The Morgan fingerprint density at radius 3 is 2.65 bits per heavy atom. The van der Waals surface area contributed by atoms with Crippen LogP contribution in [0.3, 0.4) is 0 Å². The van der Waals surface area contributed by atoms with Crippen LogP contribution in [0.15, 0.2) is 18.2 Å². The van der Waals surface area contributed by atoms with Gasteiger partial charge in [-0.05, 0) is 38.6 Å². The molecule has 0 spiro atoms. The fourth-order valence-corrected chi connectivity index (χ4v) is 1.45. The summed E-state index contributed by atoms with van der Waals surface area (Å²) in [6.07, 6.45) is 0.186. The van der Waals surface area contributed by atoms with Crippen molar-refractivity contribution in [2.45, 2.75) is 26.5 Å². The van der Waals surface area contributed by atoms with Crippen molar-refractivity contribution in [2.24, 2.45) is 0 Å². The van der Waals surface area contributed by atoms with E-state index < -0.39 is 0 Å². The molecule has 1 rings (SSSR count). The van der Waals surface area contributed by atoms with E-state index in [0.29, 0.717) is 25.5 Å². The highest BCUT2D eigenvalue weighted by molar-refractivity contribution is 5.29. The molecular weight excluding hydrogens is 221 g/mol. The average molecular weight is 241 g/mol. The van der Waals surface area contributed by atoms with Crippen LogP contribution < -0.4 is 10.1 Å². The number of hydrogen-bond donors (Lipinski definition) is 1. The Balaban J connectivity index is 2.46. The molecule has 0 atom stereocenters. The van der Waals surface area contributed by atoms with Crippen molar-refractivity contribution in [1.29, 1.82) is 0 Å². The number of benzene rings is 1. The molecule has 0 aliphatic heterocycles. The van der Waals surface area contributed by atoms with Crippen LogP contribution in [-0.2, 0) is 11.3 Å². The Labute approximate surface area is 102 Å². The van der Waals surface area contributed by atoms with Gasteiger partial charge < -0.3 is 14.8 Å². The molecule has 0 aliphatic carbocycles. The first-order valence-corrected chi connectivity index (χ1v) is 5.80. The van der Waals surface area contributed by atoms with E-state index in [2.05, 4.69) is 5.32 Å². The summed E-state index contributed by atoms with van der Waals surface area (Å²) in [4.78, 5) is 0. The molecule has 1 N–H and O–H groups in total. The summed E-state index contributed by atoms with van der Waals surface area (Å²) in [6.45, 7) is 5.49. The molecule has 96 valence electrons. The molecule has 0 heterocycles. The third-order valence-corrected chi connectivity index (χ3v) is 2.12. The molecular formula is C13H20FNO2. The van der Waals surface area contributed by atoms with Crippen LogP contribution in [0.4, 0.5) is 4.39 Å². The first kappa shape index (κ1) is 13.9. The molecule has 0 aromatic heterocycles. The van der Waals surface area contributed by atoms with Gasteiger partial charge in [-0.1, -0.05) is 0 Å². The van der Waals surface area contributed by atoms with Crippen molar-refractivity contribution in [1.82, 2.24) is 5.32 Å². The highest BCUT2D eigenvalue weighted by Gasteiger charge is 2.02. The normalized spacial score (nSPS) is 10.9. The summed E-state index contributed by atoms with van der Waals surface area (Å²) < 4.78 is 24.0. The van der Waals surface area contributed by atoms with Gasteiger partial charge in [0.2, 0.25) is 0 Å². The highest BCUT2D eigenvalue weighted by atomic mass is 19.1. The second-order valence-electron chi connectivity index (χ2n) is 4.09. The van der Waals surface area contributed by atoms with E-state index in [0.717, 1.165) is 5.56 Å². The summed E-state index contributed by atoms with van der Waals surface area (Å²) >= 11 is 0. The fourth-order valence-electron chi connectivity index (χ4n) is 1.45. The molecule has 0 saturated heterocycles. The predicted octanol–water partition coefficient (Wildman–Crippen LogP) is 2.35. The van der Waals surface area contributed by atoms with E-state index in [-0.39, 0.29) is 11.9 Å². The van der Waals surface area contributed by atoms with Crippen LogP contribution in [0.1, 0.15) is 19.4 Å². The minimum atomic E-state index is -0.280. The summed E-state index contributed by atoms with van der Waals surface area (Å²) in [6, 6.07) is 4.71. The van der Waals surface area contributed by atoms with Gasteiger partial charge in [-0.2, -0.15) is 0 Å². The Morgan fingerprint density at radius 1 is 1.24 bits per heavy atom. The lowest BCUT2D eigenvalue weighted by atomic mass is 10.2. The van der Waals surface area contributed by atoms with E-state index in [1.54, 1.807) is 0 Å². The summed E-state index contributed by atoms with van der Waals surface area (Å²) in [5.74, 6) is 0.264. The van der Waals surface area contributed by atoms with Gasteiger partial charge in [0, 0.05) is 12.6 Å². The second-order valence-corrected chi connectivity index (χ2v) is 4.09. The van der Waals surface area contributed by atoms with Crippen LogP contribution in [0.25, 0.3) is 0 Å². The van der Waals surface area contributed by atoms with E-state index in [1.807, 2.05) is 27.0 Å². The molecule has 4 heteroatoms. The van der Waals surface area contributed by atoms with E-state index in [1.165, 1.54) is 12.1 Å². The third-order valence-electron chi connectivity index (χ3n) is 2.12. The molecule has 3 nitrogen and oxygen atoms in total. The molecule has 0 aliphatic rings. The standard InChI is InChI=1S/C13H20FNO2/c1-10(2)16-4-5-17-13-7-11(9-15-3)6-12(14)8-13/h6-8,10,15H,4-5,9H2,1-3H3.